The van der Waals surface area contributed by atoms with Crippen molar-refractivity contribution in [2.24, 2.45) is 5.92 Å². The van der Waals surface area contributed by atoms with Gasteiger partial charge in [0.05, 0.1) is 5.56 Å². The van der Waals surface area contributed by atoms with Gasteiger partial charge in [0.1, 0.15) is 5.82 Å². The molecule has 1 rings (SSSR count). The number of benzene rings is 1. The van der Waals surface area contributed by atoms with E-state index in [0.717, 1.165) is 12.8 Å². The summed E-state index contributed by atoms with van der Waals surface area (Å²) in [6.45, 7) is 3.90. The van der Waals surface area contributed by atoms with Gasteiger partial charge >= 0.3 is 0 Å². The Balaban J connectivity index is 2.94. The molecular weight excluding hydrogens is 179 g/mol. The van der Waals surface area contributed by atoms with E-state index in [9.17, 15) is 9.18 Å². The highest BCUT2D eigenvalue weighted by molar-refractivity contribution is 5.97. The lowest BCUT2D eigenvalue weighted by molar-refractivity contribution is 0.0909. The van der Waals surface area contributed by atoms with Crippen molar-refractivity contribution in [2.75, 3.05) is 0 Å². The first-order chi connectivity index (χ1) is 6.70. The van der Waals surface area contributed by atoms with Gasteiger partial charge in [-0.05, 0) is 25.0 Å². The van der Waals surface area contributed by atoms with Crippen LogP contribution in [0.1, 0.15) is 37.0 Å². The topological polar surface area (TPSA) is 17.1 Å². The standard InChI is InChI=1S/C12H15FO/c1-3-9(4-2)12(14)10-7-5-6-8-11(10)13/h5-9H,3-4H2,1-2H3. The Hall–Kier alpha value is -1.18. The molecule has 0 saturated carbocycles. The maximum atomic E-state index is 13.3. The van der Waals surface area contributed by atoms with E-state index < -0.39 is 5.82 Å². The van der Waals surface area contributed by atoms with Gasteiger partial charge in [-0.3, -0.25) is 4.79 Å². The van der Waals surface area contributed by atoms with Gasteiger partial charge in [0, 0.05) is 5.92 Å². The second-order valence-electron chi connectivity index (χ2n) is 3.36. The molecule has 2 heteroatoms. The molecule has 1 nitrogen and oxygen atoms in total. The van der Waals surface area contributed by atoms with Gasteiger partial charge in [0.25, 0.3) is 0 Å². The van der Waals surface area contributed by atoms with Gasteiger partial charge in [0.15, 0.2) is 5.78 Å². The first-order valence-electron chi connectivity index (χ1n) is 4.99. The SMILES string of the molecule is CCC(CC)C(=O)c1ccccc1F. The summed E-state index contributed by atoms with van der Waals surface area (Å²) in [5, 5.41) is 0. The first kappa shape index (κ1) is 10.9. The number of Topliss-reactive ketones (excluding diaryl/α,β-unsaturated/α-hetero) is 1. The Kier molecular flexibility index (Phi) is 3.81. The van der Waals surface area contributed by atoms with Crippen LogP contribution in [-0.4, -0.2) is 5.78 Å². The van der Waals surface area contributed by atoms with Crippen molar-refractivity contribution in [1.82, 2.24) is 0 Å². The van der Waals surface area contributed by atoms with Gasteiger partial charge in [0.2, 0.25) is 0 Å². The molecule has 76 valence electrons. The molecule has 0 radical (unpaired) electrons. The third kappa shape index (κ3) is 2.19. The number of halogens is 1. The van der Waals surface area contributed by atoms with Crippen LogP contribution in [0.25, 0.3) is 0 Å². The van der Waals surface area contributed by atoms with Crippen LogP contribution in [0.4, 0.5) is 4.39 Å². The fourth-order valence-electron chi connectivity index (χ4n) is 1.54. The Morgan fingerprint density at radius 1 is 1.29 bits per heavy atom. The second kappa shape index (κ2) is 4.89. The molecule has 0 spiro atoms. The van der Waals surface area contributed by atoms with Crippen molar-refractivity contribution in [3.05, 3.63) is 35.6 Å². The van der Waals surface area contributed by atoms with E-state index in [-0.39, 0.29) is 17.3 Å². The third-order valence-electron chi connectivity index (χ3n) is 2.50. The Bertz CT molecular complexity index is 316. The minimum Gasteiger partial charge on any atom is -0.294 e. The van der Waals surface area contributed by atoms with Crippen molar-refractivity contribution >= 4 is 5.78 Å². The summed E-state index contributed by atoms with van der Waals surface area (Å²) in [6, 6.07) is 6.17. The fraction of sp³-hybridized carbons (Fsp3) is 0.417. The minimum absolute atomic E-state index is 0.0492. The highest BCUT2D eigenvalue weighted by Crippen LogP contribution is 2.17. The zero-order chi connectivity index (χ0) is 10.6. The molecule has 0 atom stereocenters. The maximum Gasteiger partial charge on any atom is 0.168 e. The summed E-state index contributed by atoms with van der Waals surface area (Å²) in [5.41, 5.74) is 0.223. The molecular formula is C12H15FO. The normalized spacial score (nSPS) is 10.6. The zero-order valence-corrected chi connectivity index (χ0v) is 8.59. The number of hydrogen-bond acceptors (Lipinski definition) is 1. The van der Waals surface area contributed by atoms with Crippen LogP contribution in [0.5, 0.6) is 0 Å². The Morgan fingerprint density at radius 2 is 1.86 bits per heavy atom. The van der Waals surface area contributed by atoms with Gasteiger partial charge in [-0.2, -0.15) is 0 Å². The van der Waals surface area contributed by atoms with Gasteiger partial charge < -0.3 is 0 Å². The maximum absolute atomic E-state index is 13.3. The van der Waals surface area contributed by atoms with Gasteiger partial charge in [-0.25, -0.2) is 4.39 Å². The molecule has 0 aliphatic carbocycles. The van der Waals surface area contributed by atoms with Crippen LogP contribution in [0.2, 0.25) is 0 Å². The molecule has 0 heterocycles. The number of carbonyl (C=O) groups excluding carboxylic acids is 1. The minimum atomic E-state index is -0.413. The van der Waals surface area contributed by atoms with Crippen LogP contribution in [0.3, 0.4) is 0 Å². The average molecular weight is 194 g/mol. The second-order valence-corrected chi connectivity index (χ2v) is 3.36. The molecule has 0 aliphatic rings. The molecule has 0 aromatic heterocycles. The Morgan fingerprint density at radius 3 is 2.36 bits per heavy atom. The molecule has 1 aromatic rings. The molecule has 0 amide bonds. The molecule has 1 aromatic carbocycles. The number of carbonyl (C=O) groups is 1. The third-order valence-corrected chi connectivity index (χ3v) is 2.50. The summed E-state index contributed by atoms with van der Waals surface area (Å²) in [4.78, 5) is 11.8. The van der Waals surface area contributed by atoms with Crippen molar-refractivity contribution in [2.45, 2.75) is 26.7 Å². The van der Waals surface area contributed by atoms with E-state index in [1.807, 2.05) is 13.8 Å². The highest BCUT2D eigenvalue weighted by atomic mass is 19.1. The quantitative estimate of drug-likeness (QED) is 0.671. The number of hydrogen-bond donors (Lipinski definition) is 0. The van der Waals surface area contributed by atoms with E-state index in [4.69, 9.17) is 0 Å². The van der Waals surface area contributed by atoms with E-state index >= 15 is 0 Å². The van der Waals surface area contributed by atoms with Crippen LogP contribution in [-0.2, 0) is 0 Å². The van der Waals surface area contributed by atoms with E-state index in [1.54, 1.807) is 18.2 Å². The molecule has 0 saturated heterocycles. The van der Waals surface area contributed by atoms with E-state index in [1.165, 1.54) is 6.07 Å². The summed E-state index contributed by atoms with van der Waals surface area (Å²) in [5.74, 6) is -0.538. The highest BCUT2D eigenvalue weighted by Gasteiger charge is 2.18. The largest absolute Gasteiger partial charge is 0.294 e. The average Bonchev–Trinajstić information content (AvgIpc) is 2.20. The number of ketones is 1. The van der Waals surface area contributed by atoms with Crippen LogP contribution in [0.15, 0.2) is 24.3 Å². The lowest BCUT2D eigenvalue weighted by Gasteiger charge is -2.11. The van der Waals surface area contributed by atoms with Crippen molar-refractivity contribution in [1.29, 1.82) is 0 Å². The molecule has 0 fully saturated rings. The first-order valence-corrected chi connectivity index (χ1v) is 4.99. The monoisotopic (exact) mass is 194 g/mol. The van der Waals surface area contributed by atoms with Crippen molar-refractivity contribution in [3.8, 4) is 0 Å². The van der Waals surface area contributed by atoms with Gasteiger partial charge in [-0.1, -0.05) is 26.0 Å². The van der Waals surface area contributed by atoms with Crippen LogP contribution >= 0.6 is 0 Å². The number of rotatable bonds is 4. The van der Waals surface area contributed by atoms with Crippen molar-refractivity contribution in [3.63, 3.8) is 0 Å². The summed E-state index contributed by atoms with van der Waals surface area (Å²) in [7, 11) is 0. The molecule has 0 bridgehead atoms. The van der Waals surface area contributed by atoms with Crippen molar-refractivity contribution < 1.29 is 9.18 Å². The lowest BCUT2D eigenvalue weighted by Crippen LogP contribution is -2.14. The van der Waals surface area contributed by atoms with Crippen LogP contribution in [0, 0.1) is 11.7 Å². The smallest absolute Gasteiger partial charge is 0.168 e. The fourth-order valence-corrected chi connectivity index (χ4v) is 1.54. The summed E-state index contributed by atoms with van der Waals surface area (Å²) in [6.07, 6.45) is 1.54. The zero-order valence-electron chi connectivity index (χ0n) is 8.59. The molecule has 0 aliphatic heterocycles. The summed E-state index contributed by atoms with van der Waals surface area (Å²) < 4.78 is 13.3. The van der Waals surface area contributed by atoms with E-state index in [0.29, 0.717) is 0 Å². The lowest BCUT2D eigenvalue weighted by atomic mass is 9.93. The molecule has 0 unspecified atom stereocenters. The predicted octanol–water partition coefficient (Wildman–Crippen LogP) is 3.44. The summed E-state index contributed by atoms with van der Waals surface area (Å²) >= 11 is 0. The molecule has 0 N–H and O–H groups in total. The van der Waals surface area contributed by atoms with E-state index in [2.05, 4.69) is 0 Å². The Labute approximate surface area is 83.9 Å². The molecule has 14 heavy (non-hydrogen) atoms. The van der Waals surface area contributed by atoms with Crippen LogP contribution < -0.4 is 0 Å². The van der Waals surface area contributed by atoms with Gasteiger partial charge in [-0.15, -0.1) is 0 Å². The predicted molar refractivity (Wildman–Crippen MR) is 54.8 cm³/mol.